The van der Waals surface area contributed by atoms with Crippen LogP contribution in [0.15, 0.2) is 24.3 Å². The van der Waals surface area contributed by atoms with E-state index in [1.807, 2.05) is 13.0 Å². The minimum Gasteiger partial charge on any atom is -0.478 e. The fourth-order valence-corrected chi connectivity index (χ4v) is 2.22. The van der Waals surface area contributed by atoms with Crippen LogP contribution in [0.5, 0.6) is 0 Å². The van der Waals surface area contributed by atoms with E-state index in [9.17, 15) is 9.90 Å². The lowest BCUT2D eigenvalue weighted by atomic mass is 9.95. The Morgan fingerprint density at radius 1 is 1.35 bits per heavy atom. The molecule has 92 valence electrons. The highest BCUT2D eigenvalue weighted by Crippen LogP contribution is 2.37. The number of hydrogen-bond acceptors (Lipinski definition) is 3. The number of aromatic carboxylic acids is 1. The molecule has 0 saturated carbocycles. The zero-order valence-corrected chi connectivity index (χ0v) is 9.81. The molecule has 17 heavy (non-hydrogen) atoms. The SMILES string of the molecule is CCCC1(c2ccccc2C(=O)O)OCCO1. The third-order valence-electron chi connectivity index (χ3n) is 2.90. The predicted molar refractivity (Wildman–Crippen MR) is 61.9 cm³/mol. The Bertz CT molecular complexity index is 408. The summed E-state index contributed by atoms with van der Waals surface area (Å²) in [5.74, 6) is -1.82. The van der Waals surface area contributed by atoms with E-state index in [1.54, 1.807) is 18.2 Å². The molecule has 0 aliphatic carbocycles. The first-order valence-electron chi connectivity index (χ1n) is 5.80. The first-order valence-corrected chi connectivity index (χ1v) is 5.80. The van der Waals surface area contributed by atoms with E-state index in [0.29, 0.717) is 25.2 Å². The summed E-state index contributed by atoms with van der Waals surface area (Å²) in [6, 6.07) is 6.87. The van der Waals surface area contributed by atoms with Crippen molar-refractivity contribution in [2.24, 2.45) is 0 Å². The average molecular weight is 236 g/mol. The summed E-state index contributed by atoms with van der Waals surface area (Å²) in [6.07, 6.45) is 1.53. The van der Waals surface area contributed by atoms with Gasteiger partial charge in [-0.15, -0.1) is 0 Å². The standard InChI is InChI=1S/C13H16O4/c1-2-7-13(16-8-9-17-13)11-6-4-3-5-10(11)12(14)15/h3-6H,2,7-9H2,1H3,(H,14,15). The van der Waals surface area contributed by atoms with Crippen LogP contribution in [0.1, 0.15) is 35.7 Å². The van der Waals surface area contributed by atoms with Crippen LogP contribution in [-0.4, -0.2) is 24.3 Å². The minimum absolute atomic E-state index is 0.253. The Kier molecular flexibility index (Phi) is 3.45. The molecule has 1 heterocycles. The molecule has 0 amide bonds. The Hall–Kier alpha value is -1.39. The van der Waals surface area contributed by atoms with Crippen molar-refractivity contribution in [1.82, 2.24) is 0 Å². The molecule has 1 fully saturated rings. The third-order valence-corrected chi connectivity index (χ3v) is 2.90. The van der Waals surface area contributed by atoms with Gasteiger partial charge >= 0.3 is 5.97 Å². The number of carboxylic acid groups (broad SMARTS) is 1. The number of carboxylic acids is 1. The Morgan fingerprint density at radius 3 is 2.59 bits per heavy atom. The topological polar surface area (TPSA) is 55.8 Å². The summed E-state index contributed by atoms with van der Waals surface area (Å²) < 4.78 is 11.3. The van der Waals surface area contributed by atoms with E-state index in [-0.39, 0.29) is 5.56 Å². The molecule has 2 rings (SSSR count). The van der Waals surface area contributed by atoms with Crippen molar-refractivity contribution in [3.05, 3.63) is 35.4 Å². The molecule has 0 spiro atoms. The highest BCUT2D eigenvalue weighted by atomic mass is 16.7. The molecule has 1 aromatic carbocycles. The predicted octanol–water partition coefficient (Wildman–Crippen LogP) is 2.38. The molecule has 0 bridgehead atoms. The molecule has 1 saturated heterocycles. The Morgan fingerprint density at radius 2 is 2.00 bits per heavy atom. The highest BCUT2D eigenvalue weighted by molar-refractivity contribution is 5.89. The van der Waals surface area contributed by atoms with Crippen molar-refractivity contribution in [2.75, 3.05) is 13.2 Å². The summed E-state index contributed by atoms with van der Waals surface area (Å²) in [5.41, 5.74) is 0.870. The highest BCUT2D eigenvalue weighted by Gasteiger charge is 2.40. The number of rotatable bonds is 4. The van der Waals surface area contributed by atoms with Crippen LogP contribution in [0.25, 0.3) is 0 Å². The molecule has 1 aromatic rings. The molecule has 0 unspecified atom stereocenters. The van der Waals surface area contributed by atoms with Gasteiger partial charge in [-0.3, -0.25) is 0 Å². The minimum atomic E-state index is -0.949. The van der Waals surface area contributed by atoms with E-state index in [2.05, 4.69) is 0 Å². The zero-order chi connectivity index (χ0) is 12.3. The molecule has 1 aliphatic rings. The van der Waals surface area contributed by atoms with Gasteiger partial charge in [0.2, 0.25) is 0 Å². The lowest BCUT2D eigenvalue weighted by Gasteiger charge is -2.28. The number of hydrogen-bond donors (Lipinski definition) is 1. The third kappa shape index (κ3) is 2.18. The number of benzene rings is 1. The largest absolute Gasteiger partial charge is 0.478 e. The molecular weight excluding hydrogens is 220 g/mol. The van der Waals surface area contributed by atoms with Gasteiger partial charge in [-0.25, -0.2) is 4.79 Å². The van der Waals surface area contributed by atoms with Crippen LogP contribution in [0.4, 0.5) is 0 Å². The van der Waals surface area contributed by atoms with Crippen LogP contribution >= 0.6 is 0 Å². The quantitative estimate of drug-likeness (QED) is 0.872. The lowest BCUT2D eigenvalue weighted by molar-refractivity contribution is -0.171. The second-order valence-corrected chi connectivity index (χ2v) is 4.05. The zero-order valence-electron chi connectivity index (χ0n) is 9.81. The molecule has 1 N–H and O–H groups in total. The van der Waals surface area contributed by atoms with Gasteiger partial charge in [0.15, 0.2) is 5.79 Å². The second-order valence-electron chi connectivity index (χ2n) is 4.05. The molecule has 4 nitrogen and oxygen atoms in total. The maximum atomic E-state index is 11.2. The molecule has 0 atom stereocenters. The van der Waals surface area contributed by atoms with Crippen LogP contribution < -0.4 is 0 Å². The molecular formula is C13H16O4. The summed E-state index contributed by atoms with van der Waals surface area (Å²) in [5, 5.41) is 9.20. The summed E-state index contributed by atoms with van der Waals surface area (Å²) in [4.78, 5) is 11.2. The van der Waals surface area contributed by atoms with E-state index in [0.717, 1.165) is 6.42 Å². The van der Waals surface area contributed by atoms with Crippen LogP contribution in [0.3, 0.4) is 0 Å². The van der Waals surface area contributed by atoms with Gasteiger partial charge in [-0.1, -0.05) is 31.5 Å². The van der Waals surface area contributed by atoms with Gasteiger partial charge in [-0.2, -0.15) is 0 Å². The van der Waals surface area contributed by atoms with E-state index >= 15 is 0 Å². The van der Waals surface area contributed by atoms with Gasteiger partial charge in [0, 0.05) is 12.0 Å². The van der Waals surface area contributed by atoms with E-state index in [4.69, 9.17) is 9.47 Å². The van der Waals surface area contributed by atoms with Crippen LogP contribution in [0, 0.1) is 0 Å². The lowest BCUT2D eigenvalue weighted by Crippen LogP contribution is -2.29. The monoisotopic (exact) mass is 236 g/mol. The normalized spacial score (nSPS) is 18.2. The van der Waals surface area contributed by atoms with Gasteiger partial charge in [0.1, 0.15) is 0 Å². The van der Waals surface area contributed by atoms with Crippen LogP contribution in [-0.2, 0) is 15.3 Å². The smallest absolute Gasteiger partial charge is 0.336 e. The fraction of sp³-hybridized carbons (Fsp3) is 0.462. The maximum absolute atomic E-state index is 11.2. The molecule has 4 heteroatoms. The molecule has 0 radical (unpaired) electrons. The average Bonchev–Trinajstić information content (AvgIpc) is 2.79. The van der Waals surface area contributed by atoms with Crippen molar-refractivity contribution >= 4 is 5.97 Å². The van der Waals surface area contributed by atoms with Crippen molar-refractivity contribution in [3.63, 3.8) is 0 Å². The molecule has 0 aromatic heterocycles. The van der Waals surface area contributed by atoms with Crippen LogP contribution in [0.2, 0.25) is 0 Å². The van der Waals surface area contributed by atoms with E-state index in [1.165, 1.54) is 0 Å². The molecule has 1 aliphatic heterocycles. The van der Waals surface area contributed by atoms with Gasteiger partial charge in [0.05, 0.1) is 18.8 Å². The second kappa shape index (κ2) is 4.85. The summed E-state index contributed by atoms with van der Waals surface area (Å²) in [7, 11) is 0. The Labute approximate surface area is 100 Å². The van der Waals surface area contributed by atoms with Gasteiger partial charge in [-0.05, 0) is 6.07 Å². The first-order chi connectivity index (χ1) is 8.19. The summed E-state index contributed by atoms with van der Waals surface area (Å²) in [6.45, 7) is 3.04. The summed E-state index contributed by atoms with van der Waals surface area (Å²) >= 11 is 0. The number of carbonyl (C=O) groups is 1. The Balaban J connectivity index is 2.46. The fourth-order valence-electron chi connectivity index (χ4n) is 2.22. The van der Waals surface area contributed by atoms with Crippen molar-refractivity contribution in [3.8, 4) is 0 Å². The first kappa shape index (κ1) is 12.1. The van der Waals surface area contributed by atoms with Crippen molar-refractivity contribution in [2.45, 2.75) is 25.6 Å². The van der Waals surface area contributed by atoms with E-state index < -0.39 is 11.8 Å². The van der Waals surface area contributed by atoms with Crippen molar-refractivity contribution in [1.29, 1.82) is 0 Å². The van der Waals surface area contributed by atoms with Gasteiger partial charge < -0.3 is 14.6 Å². The van der Waals surface area contributed by atoms with Gasteiger partial charge in [0.25, 0.3) is 0 Å². The number of ether oxygens (including phenoxy) is 2. The van der Waals surface area contributed by atoms with Crippen molar-refractivity contribution < 1.29 is 19.4 Å². The maximum Gasteiger partial charge on any atom is 0.336 e.